The van der Waals surface area contributed by atoms with Gasteiger partial charge in [0.15, 0.2) is 28.1 Å². The second kappa shape index (κ2) is 17.6. The normalized spacial score (nSPS) is 21.3. The Morgan fingerprint density at radius 2 is 1.43 bits per heavy atom. The van der Waals surface area contributed by atoms with Gasteiger partial charge in [0, 0.05) is 25.3 Å². The summed E-state index contributed by atoms with van der Waals surface area (Å²) in [5.41, 5.74) is 3.72. The standard InChI is InChI=1S/C33H41NO11S/c1-5-27(36)42-30-22(4)41-33(32(44-29(38)7-3)31(30)43-28(37)6-2)45-34-26(35)19-18-24-15-11-17-25(21-24)46(39,40)20-12-16-23-13-9-8-10-14-23/h8-11,13-15,17-19,21-22,30-33H,5-7,12,16,20H2,1-4H3,(H,34,35)/b19-18+/t22-,30+,31+,32-,33-/m0/s1. The van der Waals surface area contributed by atoms with Gasteiger partial charge in [-0.1, -0.05) is 63.2 Å². The Hall–Kier alpha value is -4.07. The number of carbonyl (C=O) groups is 4. The van der Waals surface area contributed by atoms with Crippen LogP contribution in [0, 0.1) is 0 Å². The van der Waals surface area contributed by atoms with Gasteiger partial charge in [0.1, 0.15) is 0 Å². The summed E-state index contributed by atoms with van der Waals surface area (Å²) in [5, 5.41) is 0. The van der Waals surface area contributed by atoms with E-state index in [1.807, 2.05) is 30.3 Å². The lowest BCUT2D eigenvalue weighted by molar-refractivity contribution is -0.312. The minimum Gasteiger partial charge on any atom is -0.455 e. The predicted molar refractivity (Wildman–Crippen MR) is 166 cm³/mol. The Labute approximate surface area is 269 Å². The van der Waals surface area contributed by atoms with E-state index < -0.39 is 64.4 Å². The molecule has 1 fully saturated rings. The molecule has 1 aliphatic rings. The minimum atomic E-state index is -3.55. The largest absolute Gasteiger partial charge is 0.455 e. The molecule has 0 unspecified atom stereocenters. The average molecular weight is 660 g/mol. The van der Waals surface area contributed by atoms with Crippen molar-refractivity contribution < 1.29 is 51.4 Å². The Morgan fingerprint density at radius 1 is 0.826 bits per heavy atom. The minimum absolute atomic E-state index is 0.00211. The second-order valence-corrected chi connectivity index (χ2v) is 12.6. The topological polar surface area (TPSA) is 161 Å². The molecule has 0 radical (unpaired) electrons. The number of benzene rings is 2. The van der Waals surface area contributed by atoms with Crippen LogP contribution in [0.2, 0.25) is 0 Å². The van der Waals surface area contributed by atoms with E-state index in [1.54, 1.807) is 39.8 Å². The van der Waals surface area contributed by atoms with E-state index in [0.717, 1.165) is 11.6 Å². The van der Waals surface area contributed by atoms with Gasteiger partial charge in [-0.25, -0.2) is 18.7 Å². The fourth-order valence-corrected chi connectivity index (χ4v) is 5.92. The highest BCUT2D eigenvalue weighted by atomic mass is 32.2. The van der Waals surface area contributed by atoms with Crippen LogP contribution in [0.1, 0.15) is 64.5 Å². The maximum absolute atomic E-state index is 12.9. The van der Waals surface area contributed by atoms with E-state index in [4.69, 9.17) is 23.8 Å². The van der Waals surface area contributed by atoms with Gasteiger partial charge in [-0.2, -0.15) is 0 Å². The number of esters is 3. The van der Waals surface area contributed by atoms with Crippen LogP contribution in [0.15, 0.2) is 65.6 Å². The van der Waals surface area contributed by atoms with Crippen LogP contribution in [0.5, 0.6) is 0 Å². The second-order valence-electron chi connectivity index (χ2n) is 10.5. The van der Waals surface area contributed by atoms with Gasteiger partial charge in [-0.15, -0.1) is 0 Å². The first-order valence-electron chi connectivity index (χ1n) is 15.2. The third kappa shape index (κ3) is 10.8. The first-order chi connectivity index (χ1) is 22.0. The summed E-state index contributed by atoms with van der Waals surface area (Å²) in [5.74, 6) is -2.66. The summed E-state index contributed by atoms with van der Waals surface area (Å²) in [7, 11) is -3.55. The Morgan fingerprint density at radius 3 is 2.07 bits per heavy atom. The summed E-state index contributed by atoms with van der Waals surface area (Å²) < 4.78 is 48.1. The number of carbonyl (C=O) groups excluding carboxylic acids is 4. The molecule has 0 aliphatic carbocycles. The maximum atomic E-state index is 12.9. The van der Waals surface area contributed by atoms with Crippen molar-refractivity contribution in [2.75, 3.05) is 5.75 Å². The fourth-order valence-electron chi connectivity index (χ4n) is 4.56. The third-order valence-corrected chi connectivity index (χ3v) is 8.84. The quantitative estimate of drug-likeness (QED) is 0.128. The van der Waals surface area contributed by atoms with Crippen LogP contribution in [-0.2, 0) is 59.2 Å². The molecule has 0 aromatic heterocycles. The van der Waals surface area contributed by atoms with Gasteiger partial charge < -0.3 is 18.9 Å². The molecule has 250 valence electrons. The molecule has 2 aromatic rings. The third-order valence-electron chi connectivity index (χ3n) is 7.04. The zero-order valence-electron chi connectivity index (χ0n) is 26.4. The molecule has 1 heterocycles. The number of hydrogen-bond acceptors (Lipinski definition) is 11. The number of sulfone groups is 1. The summed E-state index contributed by atoms with van der Waals surface area (Å²) >= 11 is 0. The highest BCUT2D eigenvalue weighted by molar-refractivity contribution is 7.91. The van der Waals surface area contributed by atoms with Crippen LogP contribution in [-0.4, -0.2) is 68.7 Å². The van der Waals surface area contributed by atoms with Crippen molar-refractivity contribution in [3.05, 3.63) is 71.8 Å². The van der Waals surface area contributed by atoms with Crippen molar-refractivity contribution >= 4 is 39.7 Å². The van der Waals surface area contributed by atoms with Crippen molar-refractivity contribution in [1.29, 1.82) is 0 Å². The van der Waals surface area contributed by atoms with Crippen LogP contribution < -0.4 is 5.48 Å². The lowest BCUT2D eigenvalue weighted by Gasteiger charge is -2.43. The van der Waals surface area contributed by atoms with Gasteiger partial charge in [-0.3, -0.25) is 19.2 Å². The molecule has 5 atom stereocenters. The van der Waals surface area contributed by atoms with Crippen LogP contribution >= 0.6 is 0 Å². The number of rotatable bonds is 15. The van der Waals surface area contributed by atoms with Crippen LogP contribution in [0.3, 0.4) is 0 Å². The molecular weight excluding hydrogens is 618 g/mol. The molecular formula is C33H41NO11S. The van der Waals surface area contributed by atoms with E-state index in [2.05, 4.69) is 5.48 Å². The molecule has 1 N–H and O–H groups in total. The molecule has 1 saturated heterocycles. The van der Waals surface area contributed by atoms with Crippen LogP contribution in [0.4, 0.5) is 0 Å². The highest BCUT2D eigenvalue weighted by Crippen LogP contribution is 2.29. The zero-order chi connectivity index (χ0) is 33.7. The van der Waals surface area contributed by atoms with Crippen molar-refractivity contribution in [1.82, 2.24) is 5.48 Å². The predicted octanol–water partition coefficient (Wildman–Crippen LogP) is 3.86. The van der Waals surface area contributed by atoms with Gasteiger partial charge in [0.25, 0.3) is 5.91 Å². The summed E-state index contributed by atoms with van der Waals surface area (Å²) in [6, 6.07) is 15.8. The van der Waals surface area contributed by atoms with Crippen LogP contribution in [0.25, 0.3) is 6.08 Å². The molecule has 1 aliphatic heterocycles. The van der Waals surface area contributed by atoms with Crippen molar-refractivity contribution in [2.24, 2.45) is 0 Å². The molecule has 46 heavy (non-hydrogen) atoms. The smallest absolute Gasteiger partial charge is 0.306 e. The lowest BCUT2D eigenvalue weighted by atomic mass is 9.99. The maximum Gasteiger partial charge on any atom is 0.306 e. The van der Waals surface area contributed by atoms with Gasteiger partial charge in [0.2, 0.25) is 6.29 Å². The van der Waals surface area contributed by atoms with E-state index >= 15 is 0 Å². The molecule has 12 nitrogen and oxygen atoms in total. The molecule has 1 amide bonds. The molecule has 13 heteroatoms. The van der Waals surface area contributed by atoms with Crippen molar-refractivity contribution in [2.45, 2.75) is 95.4 Å². The summed E-state index contributed by atoms with van der Waals surface area (Å²) in [6.45, 7) is 6.28. The monoisotopic (exact) mass is 659 g/mol. The fraction of sp³-hybridized carbons (Fsp3) is 0.455. The first kappa shape index (κ1) is 36.4. The SMILES string of the molecule is CCC(=O)O[C@H]1[C@H](OC(=O)CC)[C@H](ONC(=O)/C=C/c2cccc(S(=O)(=O)CCCc3ccccc3)c2)O[C@@H](C)[C@H]1OC(=O)CC. The first-order valence-corrected chi connectivity index (χ1v) is 16.9. The van der Waals surface area contributed by atoms with E-state index in [1.165, 1.54) is 18.2 Å². The number of nitrogens with one attached hydrogen (secondary N) is 1. The zero-order valence-corrected chi connectivity index (χ0v) is 27.2. The molecule has 0 saturated carbocycles. The Bertz CT molecular complexity index is 1480. The molecule has 0 spiro atoms. The molecule has 3 rings (SSSR count). The number of amides is 1. The summed E-state index contributed by atoms with van der Waals surface area (Å²) in [6.07, 6.45) is -2.45. The van der Waals surface area contributed by atoms with E-state index in [9.17, 15) is 27.6 Å². The Balaban J connectivity index is 1.68. The number of hydrogen-bond donors (Lipinski definition) is 1. The number of aryl methyl sites for hydroxylation is 1. The van der Waals surface area contributed by atoms with Crippen molar-refractivity contribution in [3.63, 3.8) is 0 Å². The van der Waals surface area contributed by atoms with Gasteiger partial charge in [-0.05, 0) is 49.1 Å². The Kier molecular flexibility index (Phi) is 13.9. The van der Waals surface area contributed by atoms with Crippen molar-refractivity contribution in [3.8, 4) is 0 Å². The van der Waals surface area contributed by atoms with E-state index in [0.29, 0.717) is 18.4 Å². The van der Waals surface area contributed by atoms with Gasteiger partial charge in [0.05, 0.1) is 16.8 Å². The van der Waals surface area contributed by atoms with E-state index in [-0.39, 0.29) is 29.9 Å². The molecule has 2 aromatic carbocycles. The lowest BCUT2D eigenvalue weighted by Crippen LogP contribution is -2.62. The molecule has 0 bridgehead atoms. The number of hydroxylamine groups is 1. The highest BCUT2D eigenvalue weighted by Gasteiger charge is 2.51. The van der Waals surface area contributed by atoms with Gasteiger partial charge >= 0.3 is 17.9 Å². The number of ether oxygens (including phenoxy) is 4. The average Bonchev–Trinajstić information content (AvgIpc) is 3.05. The summed E-state index contributed by atoms with van der Waals surface area (Å²) in [4.78, 5) is 55.0.